The number of aromatic nitrogens is 1. The van der Waals surface area contributed by atoms with Crippen molar-refractivity contribution in [3.05, 3.63) is 125 Å². The van der Waals surface area contributed by atoms with Crippen LogP contribution in [0.5, 0.6) is 11.5 Å². The molecule has 1 aromatic heterocycles. The lowest BCUT2D eigenvalue weighted by atomic mass is 9.96. The van der Waals surface area contributed by atoms with Crippen LogP contribution in [0.4, 0.5) is 0 Å². The number of carbonyl (C=O) groups excluding carboxylic acids is 1. The van der Waals surface area contributed by atoms with E-state index in [1.165, 1.54) is 11.3 Å². The van der Waals surface area contributed by atoms with Crippen molar-refractivity contribution in [1.29, 1.82) is 0 Å². The molecule has 4 aromatic rings. The van der Waals surface area contributed by atoms with E-state index in [-0.39, 0.29) is 18.3 Å². The van der Waals surface area contributed by atoms with Gasteiger partial charge in [-0.2, -0.15) is 0 Å². The lowest BCUT2D eigenvalue weighted by Crippen LogP contribution is -2.40. The van der Waals surface area contributed by atoms with Crippen molar-refractivity contribution in [2.45, 2.75) is 46.4 Å². The Bertz CT molecular complexity index is 1820. The molecule has 42 heavy (non-hydrogen) atoms. The standard InChI is InChI=1S/C33H31ClN2O5S/c1-5-39-25-16-14-22(15-17-25)30-29(32(38)41-20(2)3)21(4)35-33-36(30)31(37)28(42-33)18-23-10-7-9-13-27(23)40-19-24-11-6-8-12-26(24)34/h6-18,20,30H,5,19H2,1-4H3/b28-18+/t30-/m0/s1. The van der Waals surface area contributed by atoms with Crippen LogP contribution in [0.25, 0.3) is 6.08 Å². The number of ether oxygens (including phenoxy) is 3. The van der Waals surface area contributed by atoms with E-state index >= 15 is 0 Å². The Labute approximate surface area is 253 Å². The molecule has 0 amide bonds. The van der Waals surface area contributed by atoms with E-state index in [2.05, 4.69) is 4.99 Å². The number of esters is 1. The molecule has 0 spiro atoms. The van der Waals surface area contributed by atoms with E-state index in [1.807, 2.05) is 79.7 Å². The second-order valence-corrected chi connectivity index (χ2v) is 11.4. The van der Waals surface area contributed by atoms with Crippen molar-refractivity contribution in [2.24, 2.45) is 4.99 Å². The molecule has 7 nitrogen and oxygen atoms in total. The number of benzene rings is 3. The first-order chi connectivity index (χ1) is 20.3. The normalized spacial score (nSPS) is 14.9. The van der Waals surface area contributed by atoms with Gasteiger partial charge in [0.1, 0.15) is 18.1 Å². The lowest BCUT2D eigenvalue weighted by molar-refractivity contribution is -0.143. The molecule has 2 heterocycles. The van der Waals surface area contributed by atoms with Gasteiger partial charge in [0.25, 0.3) is 5.56 Å². The highest BCUT2D eigenvalue weighted by Crippen LogP contribution is 2.32. The molecular weight excluding hydrogens is 572 g/mol. The highest BCUT2D eigenvalue weighted by molar-refractivity contribution is 7.07. The van der Waals surface area contributed by atoms with E-state index in [4.69, 9.17) is 25.8 Å². The number of carbonyl (C=O) groups is 1. The van der Waals surface area contributed by atoms with Crippen molar-refractivity contribution < 1.29 is 19.0 Å². The molecule has 0 fully saturated rings. The molecule has 0 bridgehead atoms. The minimum absolute atomic E-state index is 0.263. The highest BCUT2D eigenvalue weighted by atomic mass is 35.5. The first kappa shape index (κ1) is 29.4. The fourth-order valence-corrected chi connectivity index (χ4v) is 5.96. The zero-order chi connectivity index (χ0) is 29.8. The van der Waals surface area contributed by atoms with E-state index in [0.29, 0.717) is 43.7 Å². The topological polar surface area (TPSA) is 79.1 Å². The molecule has 1 aliphatic rings. The quantitative estimate of drug-likeness (QED) is 0.226. The third-order valence-corrected chi connectivity index (χ3v) is 7.99. The van der Waals surface area contributed by atoms with E-state index < -0.39 is 12.0 Å². The second-order valence-electron chi connectivity index (χ2n) is 9.96. The minimum Gasteiger partial charge on any atom is -0.494 e. The number of nitrogens with zero attached hydrogens (tertiary/aromatic N) is 2. The van der Waals surface area contributed by atoms with Crippen molar-refractivity contribution in [2.75, 3.05) is 6.61 Å². The number of rotatable bonds is 9. The predicted molar refractivity (Wildman–Crippen MR) is 165 cm³/mol. The van der Waals surface area contributed by atoms with Crippen LogP contribution < -0.4 is 24.4 Å². The summed E-state index contributed by atoms with van der Waals surface area (Å²) in [5.41, 5.74) is 2.93. The maximum Gasteiger partial charge on any atom is 0.338 e. The minimum atomic E-state index is -0.711. The van der Waals surface area contributed by atoms with Crippen LogP contribution in [0, 0.1) is 0 Å². The number of para-hydroxylation sites is 1. The van der Waals surface area contributed by atoms with Gasteiger partial charge in [0.05, 0.1) is 34.6 Å². The molecule has 0 unspecified atom stereocenters. The van der Waals surface area contributed by atoms with Gasteiger partial charge in [-0.25, -0.2) is 9.79 Å². The first-order valence-corrected chi connectivity index (χ1v) is 14.9. The van der Waals surface area contributed by atoms with Crippen LogP contribution in [0.15, 0.2) is 93.9 Å². The Balaban J connectivity index is 1.59. The number of hydrogen-bond donors (Lipinski definition) is 0. The Morgan fingerprint density at radius 3 is 2.48 bits per heavy atom. The summed E-state index contributed by atoms with van der Waals surface area (Å²) in [6.45, 7) is 8.08. The van der Waals surface area contributed by atoms with Crippen molar-refractivity contribution in [3.8, 4) is 11.5 Å². The molecule has 216 valence electrons. The average molecular weight is 603 g/mol. The third kappa shape index (κ3) is 6.20. The van der Waals surface area contributed by atoms with E-state index in [1.54, 1.807) is 31.4 Å². The van der Waals surface area contributed by atoms with E-state index in [9.17, 15) is 9.59 Å². The fraction of sp³-hybridized carbons (Fsp3) is 0.242. The Morgan fingerprint density at radius 2 is 1.76 bits per heavy atom. The smallest absolute Gasteiger partial charge is 0.338 e. The molecule has 0 saturated carbocycles. The number of fused-ring (bicyclic) bond motifs is 1. The van der Waals surface area contributed by atoms with Gasteiger partial charge in [-0.05, 0) is 63.6 Å². The highest BCUT2D eigenvalue weighted by Gasteiger charge is 2.33. The molecule has 5 rings (SSSR count). The van der Waals surface area contributed by atoms with E-state index in [0.717, 1.165) is 16.7 Å². The number of halogens is 1. The number of hydrogen-bond acceptors (Lipinski definition) is 7. The van der Waals surface area contributed by atoms with Gasteiger partial charge in [0.15, 0.2) is 4.80 Å². The van der Waals surface area contributed by atoms with Crippen LogP contribution >= 0.6 is 22.9 Å². The molecule has 9 heteroatoms. The zero-order valence-electron chi connectivity index (χ0n) is 23.8. The number of thiazole rings is 1. The first-order valence-electron chi connectivity index (χ1n) is 13.7. The monoisotopic (exact) mass is 602 g/mol. The third-order valence-electron chi connectivity index (χ3n) is 6.64. The van der Waals surface area contributed by atoms with Crippen LogP contribution in [0.1, 0.15) is 50.4 Å². The molecule has 1 aliphatic heterocycles. The SMILES string of the molecule is CCOc1ccc([C@H]2C(C(=O)OC(C)C)=C(C)N=c3s/c(=C/c4ccccc4OCc4ccccc4Cl)c(=O)n32)cc1. The van der Waals surface area contributed by atoms with Crippen LogP contribution in [0.2, 0.25) is 5.02 Å². The molecule has 0 radical (unpaired) electrons. The maximum atomic E-state index is 14.0. The summed E-state index contributed by atoms with van der Waals surface area (Å²) >= 11 is 7.58. The molecule has 1 atom stereocenters. The maximum absolute atomic E-state index is 14.0. The van der Waals surface area contributed by atoms with Crippen LogP contribution in [0.3, 0.4) is 0 Å². The van der Waals surface area contributed by atoms with Gasteiger partial charge in [-0.15, -0.1) is 0 Å². The van der Waals surface area contributed by atoms with Gasteiger partial charge in [-0.1, -0.05) is 71.5 Å². The summed E-state index contributed by atoms with van der Waals surface area (Å²) < 4.78 is 19.4. The number of allylic oxidation sites excluding steroid dienone is 1. The zero-order valence-corrected chi connectivity index (χ0v) is 25.4. The summed E-state index contributed by atoms with van der Waals surface area (Å²) in [4.78, 5) is 32.5. The predicted octanol–water partition coefficient (Wildman–Crippen LogP) is 5.82. The summed E-state index contributed by atoms with van der Waals surface area (Å²) in [7, 11) is 0. The molecule has 0 aliphatic carbocycles. The molecular formula is C33H31ClN2O5S. The summed E-state index contributed by atoms with van der Waals surface area (Å²) in [6.07, 6.45) is 1.47. The molecule has 3 aromatic carbocycles. The Morgan fingerprint density at radius 1 is 1.05 bits per heavy atom. The van der Waals surface area contributed by atoms with Crippen molar-refractivity contribution in [3.63, 3.8) is 0 Å². The Hall–Kier alpha value is -4.14. The Kier molecular flexibility index (Phi) is 8.94. The van der Waals surface area contributed by atoms with Crippen LogP contribution in [-0.2, 0) is 16.1 Å². The summed E-state index contributed by atoms with van der Waals surface area (Å²) in [5.74, 6) is 0.815. The van der Waals surface area contributed by atoms with Gasteiger partial charge in [-0.3, -0.25) is 9.36 Å². The van der Waals surface area contributed by atoms with Crippen LogP contribution in [-0.4, -0.2) is 23.2 Å². The van der Waals surface area contributed by atoms with Gasteiger partial charge in [0.2, 0.25) is 0 Å². The fourth-order valence-electron chi connectivity index (χ4n) is 4.73. The molecule has 0 saturated heterocycles. The van der Waals surface area contributed by atoms with Crippen molar-refractivity contribution in [1.82, 2.24) is 4.57 Å². The summed E-state index contributed by atoms with van der Waals surface area (Å²) in [6, 6.07) is 21.7. The van der Waals surface area contributed by atoms with Gasteiger partial charge >= 0.3 is 5.97 Å². The van der Waals surface area contributed by atoms with Gasteiger partial charge < -0.3 is 14.2 Å². The molecule has 0 N–H and O–H groups in total. The van der Waals surface area contributed by atoms with Gasteiger partial charge in [0, 0.05) is 16.1 Å². The van der Waals surface area contributed by atoms with Crippen molar-refractivity contribution >= 4 is 35.0 Å². The lowest BCUT2D eigenvalue weighted by Gasteiger charge is -2.25. The summed E-state index contributed by atoms with van der Waals surface area (Å²) in [5, 5.41) is 0.625. The largest absolute Gasteiger partial charge is 0.494 e. The average Bonchev–Trinajstić information content (AvgIpc) is 3.26. The second kappa shape index (κ2) is 12.8.